The first-order chi connectivity index (χ1) is 56.0. The van der Waals surface area contributed by atoms with E-state index in [-0.39, 0.29) is 101 Å². The van der Waals surface area contributed by atoms with E-state index in [1.807, 2.05) is 0 Å². The van der Waals surface area contributed by atoms with E-state index in [2.05, 4.69) is 93.7 Å². The number of aliphatic carboxylic acids is 2. The highest BCUT2D eigenvalue weighted by Gasteiger charge is 2.43. The van der Waals surface area contributed by atoms with Crippen LogP contribution in [-0.2, 0) is 99.2 Å². The number of carbonyl (C=O) groups excluding carboxylic acids is 12. The number of aromatic nitrogens is 6. The molecule has 6 rings (SSSR count). The lowest BCUT2D eigenvalue weighted by molar-refractivity contribution is -0.143. The van der Waals surface area contributed by atoms with Gasteiger partial charge in [-0.05, 0) is 85.0 Å². The molecule has 118 heavy (non-hydrogen) atoms. The van der Waals surface area contributed by atoms with Gasteiger partial charge in [0.1, 0.15) is 78.3 Å². The molecule has 1 aliphatic heterocycles. The number of benzene rings is 2. The number of guanidine groups is 1. The summed E-state index contributed by atoms with van der Waals surface area (Å²) in [5, 5.41) is 69.5. The van der Waals surface area contributed by atoms with Crippen LogP contribution >= 0.6 is 0 Å². The van der Waals surface area contributed by atoms with Gasteiger partial charge in [0.25, 0.3) is 0 Å². The number of aromatic hydroxyl groups is 1. The maximum atomic E-state index is 15.4. The highest BCUT2D eigenvalue weighted by Crippen LogP contribution is 2.23. The van der Waals surface area contributed by atoms with Crippen molar-refractivity contribution in [2.45, 2.75) is 231 Å². The quantitative estimate of drug-likeness (QED) is 0.0126. The van der Waals surface area contributed by atoms with Crippen molar-refractivity contribution in [2.75, 3.05) is 13.1 Å². The molecule has 15 atom stereocenters. The summed E-state index contributed by atoms with van der Waals surface area (Å²) in [5.41, 5.74) is 13.3. The summed E-state index contributed by atoms with van der Waals surface area (Å²) >= 11 is 0. The number of likely N-dealkylation sites (tertiary alicyclic amines) is 1. The van der Waals surface area contributed by atoms with Crippen LogP contribution in [-0.4, -0.2) is 231 Å². The van der Waals surface area contributed by atoms with E-state index in [0.29, 0.717) is 34.6 Å². The SMILES string of the molecule is CCC(C)C(NC(=O)C(Cc1ccc(O)cc1)NC(=O)C(NC(=O)C(CCCNC(=N)N)NC(=O)C(N)CC(=O)O)C(C)C)C(=O)NC(Cc1c[nH]cn1)C(=O)N1CCCC1C(=O)NC(Cc1ccccc1)C(=O)NC(Cc1c[nH]cn1)C(=O)NC(CC(C)C)C(=O)NC(C(=O)NC(C(=O)NC(Cc1c[nH]cn1)C(=O)O)C(C)CC)C(C)C. The molecule has 0 spiro atoms. The lowest BCUT2D eigenvalue weighted by Crippen LogP contribution is -2.62. The van der Waals surface area contributed by atoms with Gasteiger partial charge in [-0.1, -0.05) is 125 Å². The van der Waals surface area contributed by atoms with Crippen molar-refractivity contribution in [3.05, 3.63) is 120 Å². The van der Waals surface area contributed by atoms with E-state index < -0.39 is 191 Å². The normalized spacial score (nSPS) is 16.2. The lowest BCUT2D eigenvalue weighted by atomic mass is 9.95. The van der Waals surface area contributed by atoms with E-state index in [1.165, 1.54) is 66.7 Å². The van der Waals surface area contributed by atoms with Crippen molar-refractivity contribution in [2.24, 2.45) is 41.1 Å². The molecule has 39 heteroatoms. The molecule has 12 amide bonds. The Morgan fingerprint density at radius 3 is 1.39 bits per heavy atom. The van der Waals surface area contributed by atoms with Gasteiger partial charge in [-0.3, -0.25) is 67.7 Å². The number of nitrogens with zero attached hydrogens (tertiary/aromatic N) is 4. The fourth-order valence-electron chi connectivity index (χ4n) is 13.2. The van der Waals surface area contributed by atoms with Crippen LogP contribution in [0.4, 0.5) is 0 Å². The number of nitrogens with two attached hydrogens (primary N) is 2. The zero-order chi connectivity index (χ0) is 87.0. The van der Waals surface area contributed by atoms with E-state index in [0.717, 1.165) is 0 Å². The molecule has 39 nitrogen and oxygen atoms in total. The number of carboxylic acids is 2. The standard InChI is InChI=1S/C79H116N22O17/c1-11-44(9)64(99-71(110)56(30-47-22-24-51(102)25-23-47)94-73(112)62(42(5)6)97-67(106)53(20-16-26-86-79(81)82)90-66(105)52(80)34-61(103)104)75(114)95-58(32-49-36-84-39-88-49)77(116)101-27-17-21-60(101)72(111)93-55(29-46-18-14-13-15-19-46)68(107)92-57(31-48-35-83-38-87-48)69(108)91-54(28-41(3)4)70(109)98-63(43(7)8)74(113)100-65(45(10)12-2)76(115)96-59(78(117)118)33-50-37-85-40-89-50/h13-15,18-19,22-25,35-45,52-60,62-65,102H,11-12,16-17,20-21,26-34,80H2,1-10H3,(H,83,87)(H,84,88)(H,85,89)(H,90,105)(H,91,108)(H,92,107)(H,93,111)(H,94,112)(H,95,114)(H,96,115)(H,97,106)(H,98,109)(H,99,110)(H,100,113)(H,103,104)(H,117,118)(H4,81,82,86). The topological polar surface area (TPSA) is 609 Å². The fraction of sp³-hybridized carbons (Fsp3) is 0.544. The number of aromatic amines is 3. The number of phenolic OH excluding ortho intramolecular Hbond substituents is 1. The fourth-order valence-corrected chi connectivity index (χ4v) is 13.2. The molecule has 23 N–H and O–H groups in total. The molecule has 15 unspecified atom stereocenters. The number of H-pyrrole nitrogens is 3. The molecule has 3 aromatic heterocycles. The Morgan fingerprint density at radius 2 is 0.907 bits per heavy atom. The maximum Gasteiger partial charge on any atom is 0.326 e. The van der Waals surface area contributed by atoms with Gasteiger partial charge in [0.15, 0.2) is 5.96 Å². The largest absolute Gasteiger partial charge is 0.508 e. The Hall–Kier alpha value is -12.3. The Kier molecular flexibility index (Phi) is 37.2. The van der Waals surface area contributed by atoms with Crippen molar-refractivity contribution in [1.82, 2.24) is 98.6 Å². The second-order valence-electron chi connectivity index (χ2n) is 30.8. The predicted octanol–water partition coefficient (Wildman–Crippen LogP) is -1.00. The predicted molar refractivity (Wildman–Crippen MR) is 430 cm³/mol. The molecule has 1 fully saturated rings. The molecule has 644 valence electrons. The van der Waals surface area contributed by atoms with E-state index >= 15 is 19.2 Å². The minimum atomic E-state index is -1.56. The molecule has 0 bridgehead atoms. The van der Waals surface area contributed by atoms with Crippen LogP contribution < -0.4 is 75.3 Å². The van der Waals surface area contributed by atoms with Crippen LogP contribution in [0, 0.1) is 35.0 Å². The van der Waals surface area contributed by atoms with Gasteiger partial charge in [0, 0.05) is 63.8 Å². The Bertz CT molecular complexity index is 4170. The zero-order valence-corrected chi connectivity index (χ0v) is 68.2. The third kappa shape index (κ3) is 29.8. The molecule has 4 heterocycles. The first kappa shape index (κ1) is 94.5. The number of imidazole rings is 3. The molecule has 0 saturated carbocycles. The van der Waals surface area contributed by atoms with Gasteiger partial charge in [-0.15, -0.1) is 0 Å². The number of hydrogen-bond donors (Lipinski definition) is 21. The zero-order valence-electron chi connectivity index (χ0n) is 68.2. The minimum Gasteiger partial charge on any atom is -0.508 e. The highest BCUT2D eigenvalue weighted by atomic mass is 16.4. The first-order valence-electron chi connectivity index (χ1n) is 39.6. The highest BCUT2D eigenvalue weighted by molar-refractivity contribution is 6.00. The second-order valence-corrected chi connectivity index (χ2v) is 30.8. The summed E-state index contributed by atoms with van der Waals surface area (Å²) in [6.07, 6.45) is 7.85. The Morgan fingerprint density at radius 1 is 0.500 bits per heavy atom. The summed E-state index contributed by atoms with van der Waals surface area (Å²) in [4.78, 5) is 221. The van der Waals surface area contributed by atoms with Gasteiger partial charge >= 0.3 is 11.9 Å². The van der Waals surface area contributed by atoms with Crippen molar-refractivity contribution in [3.8, 4) is 5.75 Å². The number of carboxylic acid groups (broad SMARTS) is 2. The van der Waals surface area contributed by atoms with Gasteiger partial charge in [0.05, 0.1) is 48.5 Å². The van der Waals surface area contributed by atoms with E-state index in [9.17, 15) is 63.3 Å². The smallest absolute Gasteiger partial charge is 0.326 e. The summed E-state index contributed by atoms with van der Waals surface area (Å²) in [6, 6.07) is -3.91. The third-order valence-corrected chi connectivity index (χ3v) is 20.3. The average molecular weight is 1650 g/mol. The molecule has 2 aromatic carbocycles. The van der Waals surface area contributed by atoms with Gasteiger partial charge in [0.2, 0.25) is 70.9 Å². The van der Waals surface area contributed by atoms with Crippen molar-refractivity contribution < 1.29 is 82.4 Å². The number of amides is 12. The van der Waals surface area contributed by atoms with Crippen LogP contribution in [0.15, 0.2) is 92.2 Å². The van der Waals surface area contributed by atoms with Crippen LogP contribution in [0.2, 0.25) is 0 Å². The molecular formula is C79H116N22O17. The number of rotatable bonds is 48. The second kappa shape index (κ2) is 46.4. The molecular weight excluding hydrogens is 1530 g/mol. The average Bonchev–Trinajstić information content (AvgIpc) is 1.65. The maximum absolute atomic E-state index is 15.4. The number of nitrogens with one attached hydrogen (secondary N) is 16. The van der Waals surface area contributed by atoms with E-state index in [4.69, 9.17) is 16.9 Å². The molecule has 5 aromatic rings. The van der Waals surface area contributed by atoms with Crippen molar-refractivity contribution in [3.63, 3.8) is 0 Å². The van der Waals surface area contributed by atoms with Crippen LogP contribution in [0.1, 0.15) is 149 Å². The van der Waals surface area contributed by atoms with Crippen molar-refractivity contribution >= 4 is 88.8 Å². The van der Waals surface area contributed by atoms with Crippen LogP contribution in [0.3, 0.4) is 0 Å². The summed E-state index contributed by atoms with van der Waals surface area (Å²) < 4.78 is 0. The number of carbonyl (C=O) groups is 14. The van der Waals surface area contributed by atoms with Gasteiger partial charge < -0.3 is 110 Å². The van der Waals surface area contributed by atoms with Gasteiger partial charge in [-0.25, -0.2) is 19.7 Å². The molecule has 0 radical (unpaired) electrons. The van der Waals surface area contributed by atoms with Crippen LogP contribution in [0.5, 0.6) is 5.75 Å². The van der Waals surface area contributed by atoms with Crippen LogP contribution in [0.25, 0.3) is 0 Å². The Balaban J connectivity index is 1.23. The minimum absolute atomic E-state index is 0.00561. The van der Waals surface area contributed by atoms with Gasteiger partial charge in [-0.2, -0.15) is 0 Å². The number of hydrogen-bond acceptors (Lipinski definition) is 20. The first-order valence-corrected chi connectivity index (χ1v) is 39.6. The molecule has 0 aliphatic carbocycles. The summed E-state index contributed by atoms with van der Waals surface area (Å²) in [7, 11) is 0. The third-order valence-electron chi connectivity index (χ3n) is 20.3. The lowest BCUT2D eigenvalue weighted by Gasteiger charge is -2.32. The molecule has 1 aliphatic rings. The summed E-state index contributed by atoms with van der Waals surface area (Å²) in [5.74, 6) is -16.0. The van der Waals surface area contributed by atoms with E-state index in [1.54, 1.807) is 99.6 Å². The summed E-state index contributed by atoms with van der Waals surface area (Å²) in [6.45, 7) is 17.1. The monoisotopic (exact) mass is 1640 g/mol. The van der Waals surface area contributed by atoms with Crippen molar-refractivity contribution in [1.29, 1.82) is 5.41 Å². The molecule has 1 saturated heterocycles. The number of phenols is 1. The Labute approximate surface area is 683 Å².